The average Bonchev–Trinajstić information content (AvgIpc) is 3.31. The van der Waals surface area contributed by atoms with Crippen molar-refractivity contribution in [1.29, 1.82) is 0 Å². The minimum atomic E-state index is -0.294. The van der Waals surface area contributed by atoms with Crippen LogP contribution in [0, 0.1) is 5.82 Å². The van der Waals surface area contributed by atoms with E-state index in [1.807, 2.05) is 47.3 Å². The summed E-state index contributed by atoms with van der Waals surface area (Å²) in [5, 5.41) is 7.14. The minimum Gasteiger partial charge on any atom is -0.488 e. The third-order valence-electron chi connectivity index (χ3n) is 4.82. The van der Waals surface area contributed by atoms with Gasteiger partial charge in [-0.1, -0.05) is 48.5 Å². The van der Waals surface area contributed by atoms with Crippen LogP contribution in [0.25, 0.3) is 0 Å². The normalized spacial score (nSPS) is 10.6. The molecule has 0 fully saturated rings. The summed E-state index contributed by atoms with van der Waals surface area (Å²) >= 11 is 0. The summed E-state index contributed by atoms with van der Waals surface area (Å²) in [6.07, 6.45) is 3.68. The average molecular weight is 415 g/mol. The predicted octanol–water partition coefficient (Wildman–Crippen LogP) is 4.58. The van der Waals surface area contributed by atoms with E-state index in [2.05, 4.69) is 10.4 Å². The molecular formula is C25H22FN3O2. The monoisotopic (exact) mass is 415 g/mol. The van der Waals surface area contributed by atoms with Gasteiger partial charge in [0.1, 0.15) is 18.2 Å². The Kier molecular flexibility index (Phi) is 6.38. The van der Waals surface area contributed by atoms with Gasteiger partial charge in [-0.3, -0.25) is 9.48 Å². The summed E-state index contributed by atoms with van der Waals surface area (Å²) in [4.78, 5) is 12.7. The van der Waals surface area contributed by atoms with Gasteiger partial charge in [-0.25, -0.2) is 4.39 Å². The molecule has 0 saturated carbocycles. The summed E-state index contributed by atoms with van der Waals surface area (Å²) in [6, 6.07) is 23.1. The number of rotatable bonds is 8. The predicted molar refractivity (Wildman–Crippen MR) is 116 cm³/mol. The molecule has 0 bridgehead atoms. The van der Waals surface area contributed by atoms with Crippen molar-refractivity contribution in [1.82, 2.24) is 15.1 Å². The number of hydrogen-bond donors (Lipinski definition) is 1. The first kappa shape index (κ1) is 20.3. The molecule has 0 unspecified atom stereocenters. The zero-order valence-corrected chi connectivity index (χ0v) is 16.9. The first-order valence-electron chi connectivity index (χ1n) is 9.97. The highest BCUT2D eigenvalue weighted by Gasteiger charge is 2.12. The molecule has 5 nitrogen and oxygen atoms in total. The Morgan fingerprint density at radius 3 is 2.35 bits per heavy atom. The molecular weight excluding hydrogens is 393 g/mol. The lowest BCUT2D eigenvalue weighted by atomic mass is 10.1. The quantitative estimate of drug-likeness (QED) is 0.458. The lowest BCUT2D eigenvalue weighted by molar-refractivity contribution is 0.0946. The van der Waals surface area contributed by atoms with Gasteiger partial charge in [0.2, 0.25) is 0 Å². The molecule has 0 aliphatic carbocycles. The van der Waals surface area contributed by atoms with Crippen LogP contribution in [0.3, 0.4) is 0 Å². The fraction of sp³-hybridized carbons (Fsp3) is 0.120. The Morgan fingerprint density at radius 1 is 0.903 bits per heavy atom. The van der Waals surface area contributed by atoms with E-state index >= 15 is 0 Å². The van der Waals surface area contributed by atoms with Crippen LogP contribution in [0.2, 0.25) is 0 Å². The van der Waals surface area contributed by atoms with Crippen molar-refractivity contribution in [3.05, 3.63) is 119 Å². The van der Waals surface area contributed by atoms with Gasteiger partial charge in [-0.05, 0) is 47.0 Å². The Balaban J connectivity index is 1.34. The van der Waals surface area contributed by atoms with Crippen molar-refractivity contribution in [3.8, 4) is 5.75 Å². The number of aromatic nitrogens is 2. The SMILES string of the molecule is O=C(NCc1ccc(Cn2cccn2)cc1)c1ccccc1OCc1ccc(F)cc1. The van der Waals surface area contributed by atoms with E-state index < -0.39 is 0 Å². The molecule has 0 radical (unpaired) electrons. The van der Waals surface area contributed by atoms with E-state index in [1.165, 1.54) is 12.1 Å². The highest BCUT2D eigenvalue weighted by molar-refractivity contribution is 5.96. The van der Waals surface area contributed by atoms with Crippen molar-refractivity contribution in [2.75, 3.05) is 0 Å². The zero-order valence-electron chi connectivity index (χ0n) is 16.9. The number of carbonyl (C=O) groups excluding carboxylic acids is 1. The molecule has 0 spiro atoms. The number of nitrogens with one attached hydrogen (secondary N) is 1. The third-order valence-corrected chi connectivity index (χ3v) is 4.82. The zero-order chi connectivity index (χ0) is 21.5. The number of hydrogen-bond acceptors (Lipinski definition) is 3. The largest absolute Gasteiger partial charge is 0.488 e. The van der Waals surface area contributed by atoms with E-state index in [0.29, 0.717) is 24.4 Å². The molecule has 1 N–H and O–H groups in total. The number of halogens is 1. The number of para-hydroxylation sites is 1. The Labute approximate surface area is 180 Å². The summed E-state index contributed by atoms with van der Waals surface area (Å²) in [5.74, 6) is -0.0211. The highest BCUT2D eigenvalue weighted by atomic mass is 19.1. The number of ether oxygens (including phenoxy) is 1. The van der Waals surface area contributed by atoms with Crippen LogP contribution >= 0.6 is 0 Å². The van der Waals surface area contributed by atoms with Crippen molar-refractivity contribution in [2.24, 2.45) is 0 Å². The molecule has 31 heavy (non-hydrogen) atoms. The molecule has 1 amide bonds. The molecule has 0 saturated heterocycles. The van der Waals surface area contributed by atoms with Crippen molar-refractivity contribution >= 4 is 5.91 Å². The Bertz CT molecular complexity index is 1120. The van der Waals surface area contributed by atoms with Crippen LogP contribution in [0.4, 0.5) is 4.39 Å². The summed E-state index contributed by atoms with van der Waals surface area (Å²) < 4.78 is 20.7. The van der Waals surface area contributed by atoms with Crippen molar-refractivity contribution < 1.29 is 13.9 Å². The fourth-order valence-electron chi connectivity index (χ4n) is 3.14. The molecule has 156 valence electrons. The molecule has 6 heteroatoms. The van der Waals surface area contributed by atoms with Crippen LogP contribution in [0.15, 0.2) is 91.3 Å². The molecule has 0 aliphatic rings. The van der Waals surface area contributed by atoms with Gasteiger partial charge in [0, 0.05) is 18.9 Å². The van der Waals surface area contributed by atoms with E-state index in [4.69, 9.17) is 4.74 Å². The minimum absolute atomic E-state index is 0.213. The van der Waals surface area contributed by atoms with Gasteiger partial charge >= 0.3 is 0 Å². The van der Waals surface area contributed by atoms with Gasteiger partial charge in [-0.15, -0.1) is 0 Å². The molecule has 3 aromatic carbocycles. The van der Waals surface area contributed by atoms with Gasteiger partial charge < -0.3 is 10.1 Å². The first-order valence-corrected chi connectivity index (χ1v) is 9.97. The summed E-state index contributed by atoms with van der Waals surface area (Å²) in [7, 11) is 0. The third kappa shape index (κ3) is 5.57. The van der Waals surface area contributed by atoms with E-state index in [1.54, 1.807) is 36.5 Å². The van der Waals surface area contributed by atoms with E-state index in [-0.39, 0.29) is 18.3 Å². The molecule has 0 atom stereocenters. The van der Waals surface area contributed by atoms with Crippen LogP contribution in [-0.2, 0) is 19.7 Å². The van der Waals surface area contributed by atoms with E-state index in [9.17, 15) is 9.18 Å². The maximum Gasteiger partial charge on any atom is 0.255 e. The molecule has 1 heterocycles. The lowest BCUT2D eigenvalue weighted by Gasteiger charge is -2.12. The Hall–Kier alpha value is -3.93. The van der Waals surface area contributed by atoms with Crippen LogP contribution < -0.4 is 10.1 Å². The van der Waals surface area contributed by atoms with Crippen molar-refractivity contribution in [2.45, 2.75) is 19.7 Å². The molecule has 4 aromatic rings. The topological polar surface area (TPSA) is 56.2 Å². The molecule has 1 aromatic heterocycles. The van der Waals surface area contributed by atoms with E-state index in [0.717, 1.165) is 16.7 Å². The second-order valence-corrected chi connectivity index (χ2v) is 7.11. The van der Waals surface area contributed by atoms with Crippen molar-refractivity contribution in [3.63, 3.8) is 0 Å². The van der Waals surface area contributed by atoms with Crippen LogP contribution in [0.1, 0.15) is 27.0 Å². The summed E-state index contributed by atoms with van der Waals surface area (Å²) in [5.41, 5.74) is 3.42. The molecule has 4 rings (SSSR count). The lowest BCUT2D eigenvalue weighted by Crippen LogP contribution is -2.23. The number of nitrogens with zero attached hydrogens (tertiary/aromatic N) is 2. The van der Waals surface area contributed by atoms with Crippen LogP contribution in [0.5, 0.6) is 5.75 Å². The van der Waals surface area contributed by atoms with Gasteiger partial charge in [0.05, 0.1) is 12.1 Å². The van der Waals surface area contributed by atoms with Gasteiger partial charge in [0.25, 0.3) is 5.91 Å². The Morgan fingerprint density at radius 2 is 1.61 bits per heavy atom. The molecule has 0 aliphatic heterocycles. The van der Waals surface area contributed by atoms with Crippen LogP contribution in [-0.4, -0.2) is 15.7 Å². The maximum absolute atomic E-state index is 13.1. The summed E-state index contributed by atoms with van der Waals surface area (Å²) in [6.45, 7) is 1.37. The first-order chi connectivity index (χ1) is 15.2. The fourth-order valence-corrected chi connectivity index (χ4v) is 3.14. The number of amides is 1. The highest BCUT2D eigenvalue weighted by Crippen LogP contribution is 2.20. The second kappa shape index (κ2) is 9.71. The maximum atomic E-state index is 13.1. The standard InChI is InChI=1S/C25H22FN3O2/c26-22-12-10-21(11-13-22)18-31-24-5-2-1-4-23(24)25(30)27-16-19-6-8-20(9-7-19)17-29-15-3-14-28-29/h1-15H,16-18H2,(H,27,30). The van der Waals surface area contributed by atoms with Gasteiger partial charge in [-0.2, -0.15) is 5.10 Å². The van der Waals surface area contributed by atoms with Gasteiger partial charge in [0.15, 0.2) is 0 Å². The number of benzene rings is 3. The smallest absolute Gasteiger partial charge is 0.255 e. The number of carbonyl (C=O) groups is 1. The second-order valence-electron chi connectivity index (χ2n) is 7.11.